The molecule has 2 unspecified atom stereocenters. The summed E-state index contributed by atoms with van der Waals surface area (Å²) in [5.74, 6) is 0.0913. The molecule has 1 aliphatic rings. The molecule has 2 rings (SSSR count). The van der Waals surface area contributed by atoms with Crippen molar-refractivity contribution in [3.05, 3.63) is 47.0 Å². The Morgan fingerprint density at radius 1 is 1.33 bits per heavy atom. The molecule has 0 bridgehead atoms. The van der Waals surface area contributed by atoms with Gasteiger partial charge in [-0.25, -0.2) is 0 Å². The van der Waals surface area contributed by atoms with Crippen molar-refractivity contribution >= 4 is 5.97 Å². The van der Waals surface area contributed by atoms with Crippen molar-refractivity contribution in [2.45, 2.75) is 34.3 Å². The number of allylic oxidation sites excluding steroid dienone is 2. The fourth-order valence-corrected chi connectivity index (χ4v) is 2.72. The average molecular weight is 283 g/mol. The van der Waals surface area contributed by atoms with Gasteiger partial charge < -0.3 is 4.74 Å². The Balaban J connectivity index is 1.93. The summed E-state index contributed by atoms with van der Waals surface area (Å²) in [6, 6.07) is 9.17. The largest absolute Gasteiger partial charge is 0.461 e. The van der Waals surface area contributed by atoms with Crippen LogP contribution in [0.25, 0.3) is 0 Å². The summed E-state index contributed by atoms with van der Waals surface area (Å²) in [6.45, 7) is 8.56. The highest BCUT2D eigenvalue weighted by molar-refractivity contribution is 5.78. The molecule has 21 heavy (non-hydrogen) atoms. The van der Waals surface area contributed by atoms with Crippen molar-refractivity contribution in [1.29, 1.82) is 5.26 Å². The van der Waals surface area contributed by atoms with E-state index in [9.17, 15) is 4.79 Å². The first-order chi connectivity index (χ1) is 9.86. The molecule has 0 spiro atoms. The average Bonchev–Trinajstić information content (AvgIpc) is 2.97. The minimum absolute atomic E-state index is 0.0149. The Labute approximate surface area is 126 Å². The zero-order valence-corrected chi connectivity index (χ0v) is 13.0. The third kappa shape index (κ3) is 3.33. The van der Waals surface area contributed by atoms with Crippen LogP contribution in [0.5, 0.6) is 0 Å². The normalized spacial score (nSPS) is 22.0. The van der Waals surface area contributed by atoms with Gasteiger partial charge >= 0.3 is 5.97 Å². The van der Waals surface area contributed by atoms with Crippen LogP contribution in [0, 0.1) is 28.6 Å². The SMILES string of the molecule is CC(C)=CC1C(C(=O)OCc2ccc(C#N)cc2)C1(C)C. The summed E-state index contributed by atoms with van der Waals surface area (Å²) in [6.07, 6.45) is 2.16. The lowest BCUT2D eigenvalue weighted by Crippen LogP contribution is -2.10. The molecular weight excluding hydrogens is 262 g/mol. The van der Waals surface area contributed by atoms with Crippen molar-refractivity contribution in [2.75, 3.05) is 0 Å². The maximum absolute atomic E-state index is 12.2. The third-order valence-corrected chi connectivity index (χ3v) is 4.14. The second-order valence-electron chi connectivity index (χ2n) is 6.49. The van der Waals surface area contributed by atoms with E-state index in [1.165, 1.54) is 5.57 Å². The summed E-state index contributed by atoms with van der Waals surface area (Å²) < 4.78 is 5.42. The van der Waals surface area contributed by atoms with Crippen LogP contribution < -0.4 is 0 Å². The minimum Gasteiger partial charge on any atom is -0.461 e. The molecule has 1 aromatic rings. The van der Waals surface area contributed by atoms with Gasteiger partial charge in [0, 0.05) is 0 Å². The molecule has 2 atom stereocenters. The number of ether oxygens (including phenoxy) is 1. The van der Waals surface area contributed by atoms with Gasteiger partial charge in [0.15, 0.2) is 0 Å². The maximum atomic E-state index is 12.2. The quantitative estimate of drug-likeness (QED) is 0.623. The number of carbonyl (C=O) groups is 1. The van der Waals surface area contributed by atoms with Crippen LogP contribution in [-0.4, -0.2) is 5.97 Å². The lowest BCUT2D eigenvalue weighted by Gasteiger charge is -2.06. The predicted molar refractivity (Wildman–Crippen MR) is 81.1 cm³/mol. The summed E-state index contributed by atoms with van der Waals surface area (Å²) >= 11 is 0. The smallest absolute Gasteiger partial charge is 0.310 e. The van der Waals surface area contributed by atoms with Crippen LogP contribution in [-0.2, 0) is 16.1 Å². The summed E-state index contributed by atoms with van der Waals surface area (Å²) in [5.41, 5.74) is 2.73. The molecule has 0 heterocycles. The highest BCUT2D eigenvalue weighted by atomic mass is 16.5. The number of benzene rings is 1. The van der Waals surface area contributed by atoms with E-state index in [1.807, 2.05) is 26.0 Å². The number of esters is 1. The van der Waals surface area contributed by atoms with Crippen LogP contribution in [0.1, 0.15) is 38.8 Å². The van der Waals surface area contributed by atoms with Gasteiger partial charge in [0.05, 0.1) is 17.6 Å². The Bertz CT molecular complexity index is 601. The molecule has 0 aliphatic heterocycles. The fraction of sp³-hybridized carbons (Fsp3) is 0.444. The van der Waals surface area contributed by atoms with Crippen molar-refractivity contribution in [1.82, 2.24) is 0 Å². The van der Waals surface area contributed by atoms with Gasteiger partial charge in [-0.3, -0.25) is 4.79 Å². The van der Waals surface area contributed by atoms with E-state index in [1.54, 1.807) is 12.1 Å². The zero-order valence-electron chi connectivity index (χ0n) is 13.0. The van der Waals surface area contributed by atoms with Crippen LogP contribution in [0.15, 0.2) is 35.9 Å². The summed E-state index contributed by atoms with van der Waals surface area (Å²) in [7, 11) is 0. The van der Waals surface area contributed by atoms with Crippen molar-refractivity contribution in [3.63, 3.8) is 0 Å². The van der Waals surface area contributed by atoms with Crippen LogP contribution in [0.2, 0.25) is 0 Å². The Kier molecular flexibility index (Phi) is 4.18. The molecule has 0 saturated heterocycles. The molecule has 0 aromatic heterocycles. The minimum atomic E-state index is -0.133. The van der Waals surface area contributed by atoms with Crippen molar-refractivity contribution in [2.24, 2.45) is 17.3 Å². The highest BCUT2D eigenvalue weighted by Gasteiger charge is 2.61. The molecule has 1 aliphatic carbocycles. The lowest BCUT2D eigenvalue weighted by molar-refractivity contribution is -0.147. The van der Waals surface area contributed by atoms with Gasteiger partial charge in [0.25, 0.3) is 0 Å². The first kappa shape index (κ1) is 15.3. The topological polar surface area (TPSA) is 50.1 Å². The zero-order chi connectivity index (χ0) is 15.6. The van der Waals surface area contributed by atoms with E-state index in [0.29, 0.717) is 5.56 Å². The highest BCUT2D eigenvalue weighted by Crippen LogP contribution is 2.59. The molecule has 1 fully saturated rings. The molecule has 0 N–H and O–H groups in total. The third-order valence-electron chi connectivity index (χ3n) is 4.14. The second-order valence-corrected chi connectivity index (χ2v) is 6.49. The lowest BCUT2D eigenvalue weighted by atomic mass is 10.1. The predicted octanol–water partition coefficient (Wildman–Crippen LogP) is 3.84. The fourth-order valence-electron chi connectivity index (χ4n) is 2.72. The summed E-state index contributed by atoms with van der Waals surface area (Å²) in [5, 5.41) is 8.75. The molecule has 0 amide bonds. The van der Waals surface area contributed by atoms with Crippen molar-refractivity contribution in [3.8, 4) is 6.07 Å². The van der Waals surface area contributed by atoms with Gasteiger partial charge in [0.2, 0.25) is 0 Å². The number of rotatable bonds is 4. The number of nitrogens with zero attached hydrogens (tertiary/aromatic N) is 1. The van der Waals surface area contributed by atoms with Gasteiger partial charge in [-0.05, 0) is 42.9 Å². The van der Waals surface area contributed by atoms with Gasteiger partial charge in [-0.2, -0.15) is 5.26 Å². The Morgan fingerprint density at radius 2 is 1.95 bits per heavy atom. The van der Waals surface area contributed by atoms with Crippen LogP contribution in [0.4, 0.5) is 0 Å². The molecule has 3 nitrogen and oxygen atoms in total. The van der Waals surface area contributed by atoms with Crippen LogP contribution in [0.3, 0.4) is 0 Å². The number of carbonyl (C=O) groups excluding carboxylic acids is 1. The van der Waals surface area contributed by atoms with Crippen molar-refractivity contribution < 1.29 is 9.53 Å². The Morgan fingerprint density at radius 3 is 2.48 bits per heavy atom. The second kappa shape index (κ2) is 5.73. The van der Waals surface area contributed by atoms with E-state index in [0.717, 1.165) is 5.56 Å². The summed E-state index contributed by atoms with van der Waals surface area (Å²) in [4.78, 5) is 12.2. The molecule has 0 radical (unpaired) electrons. The van der Waals surface area contributed by atoms with E-state index < -0.39 is 0 Å². The first-order valence-electron chi connectivity index (χ1n) is 7.17. The van der Waals surface area contributed by atoms with Gasteiger partial charge in [0.1, 0.15) is 6.61 Å². The molecular formula is C18H21NO2. The number of hydrogen-bond donors (Lipinski definition) is 0. The molecule has 1 saturated carbocycles. The van der Waals surface area contributed by atoms with Gasteiger partial charge in [-0.1, -0.05) is 37.6 Å². The molecule has 110 valence electrons. The first-order valence-corrected chi connectivity index (χ1v) is 7.17. The van der Waals surface area contributed by atoms with E-state index >= 15 is 0 Å². The molecule has 3 heteroatoms. The standard InChI is InChI=1S/C18H21NO2/c1-12(2)9-15-16(18(15,3)4)17(20)21-11-14-7-5-13(10-19)6-8-14/h5-9,15-16H,11H2,1-4H3. The monoisotopic (exact) mass is 283 g/mol. The van der Waals surface area contributed by atoms with E-state index in [2.05, 4.69) is 26.0 Å². The number of hydrogen-bond acceptors (Lipinski definition) is 3. The van der Waals surface area contributed by atoms with Gasteiger partial charge in [-0.15, -0.1) is 0 Å². The van der Waals surface area contributed by atoms with Crippen LogP contribution >= 0.6 is 0 Å². The van der Waals surface area contributed by atoms with E-state index in [-0.39, 0.29) is 29.8 Å². The van der Waals surface area contributed by atoms with E-state index in [4.69, 9.17) is 10.00 Å². The number of nitriles is 1. The maximum Gasteiger partial charge on any atom is 0.310 e. The Hall–Kier alpha value is -2.08. The molecule has 1 aromatic carbocycles.